The molecule has 3 aromatic rings. The van der Waals surface area contributed by atoms with Crippen LogP contribution in [0.3, 0.4) is 0 Å². The summed E-state index contributed by atoms with van der Waals surface area (Å²) >= 11 is 0. The number of carbonyl (C=O) groups excluding carboxylic acids is 2. The summed E-state index contributed by atoms with van der Waals surface area (Å²) in [7, 11) is 0. The van der Waals surface area contributed by atoms with Crippen molar-refractivity contribution in [1.29, 1.82) is 5.26 Å². The second-order valence-electron chi connectivity index (χ2n) is 6.21. The maximum Gasteiger partial charge on any atom is 0.252 e. The van der Waals surface area contributed by atoms with Gasteiger partial charge in [-0.25, -0.2) is 0 Å². The van der Waals surface area contributed by atoms with Crippen molar-refractivity contribution in [3.63, 3.8) is 0 Å². The van der Waals surface area contributed by atoms with Gasteiger partial charge in [0.15, 0.2) is 0 Å². The molecule has 0 spiro atoms. The van der Waals surface area contributed by atoms with Gasteiger partial charge < -0.3 is 10.6 Å². The SMILES string of the molecule is N#Cc1ccc(C(=O)NC(C(=O)NCc2ccccc2)c2ccccc2)cc1. The van der Waals surface area contributed by atoms with Crippen LogP contribution in [-0.4, -0.2) is 11.8 Å². The van der Waals surface area contributed by atoms with E-state index >= 15 is 0 Å². The van der Waals surface area contributed by atoms with Gasteiger partial charge in [-0.2, -0.15) is 5.26 Å². The van der Waals surface area contributed by atoms with E-state index in [0.29, 0.717) is 23.2 Å². The summed E-state index contributed by atoms with van der Waals surface area (Å²) in [5.41, 5.74) is 2.52. The fourth-order valence-electron chi connectivity index (χ4n) is 2.74. The molecule has 0 aromatic heterocycles. The smallest absolute Gasteiger partial charge is 0.252 e. The molecule has 0 aliphatic rings. The van der Waals surface area contributed by atoms with Gasteiger partial charge in [-0.15, -0.1) is 0 Å². The van der Waals surface area contributed by atoms with Gasteiger partial charge in [0, 0.05) is 12.1 Å². The molecule has 0 heterocycles. The van der Waals surface area contributed by atoms with Crippen LogP contribution in [0.4, 0.5) is 0 Å². The van der Waals surface area contributed by atoms with E-state index < -0.39 is 6.04 Å². The first-order chi connectivity index (χ1) is 13.7. The molecule has 138 valence electrons. The number of nitrogens with zero attached hydrogens (tertiary/aromatic N) is 1. The Kier molecular flexibility index (Phi) is 6.17. The molecule has 0 fully saturated rings. The van der Waals surface area contributed by atoms with Gasteiger partial charge in [0.1, 0.15) is 6.04 Å². The number of nitriles is 1. The molecule has 5 heteroatoms. The van der Waals surface area contributed by atoms with Crippen LogP contribution in [-0.2, 0) is 11.3 Å². The molecule has 0 bridgehead atoms. The minimum Gasteiger partial charge on any atom is -0.350 e. The van der Waals surface area contributed by atoms with Crippen molar-refractivity contribution < 1.29 is 9.59 Å². The van der Waals surface area contributed by atoms with E-state index in [1.165, 1.54) is 0 Å². The summed E-state index contributed by atoms with van der Waals surface area (Å²) in [5.74, 6) is -0.676. The highest BCUT2D eigenvalue weighted by molar-refractivity contribution is 5.97. The minimum absolute atomic E-state index is 0.294. The number of nitrogens with one attached hydrogen (secondary N) is 2. The zero-order valence-corrected chi connectivity index (χ0v) is 15.1. The normalized spacial score (nSPS) is 11.1. The highest BCUT2D eigenvalue weighted by atomic mass is 16.2. The van der Waals surface area contributed by atoms with Crippen LogP contribution in [0.5, 0.6) is 0 Å². The molecule has 5 nitrogen and oxygen atoms in total. The zero-order valence-electron chi connectivity index (χ0n) is 15.1. The molecular formula is C23H19N3O2. The summed E-state index contributed by atoms with van der Waals surface area (Å²) in [6.45, 7) is 0.371. The van der Waals surface area contributed by atoms with E-state index in [0.717, 1.165) is 5.56 Å². The molecule has 1 unspecified atom stereocenters. The largest absolute Gasteiger partial charge is 0.350 e. The molecule has 0 aliphatic carbocycles. The Labute approximate surface area is 163 Å². The van der Waals surface area contributed by atoms with Gasteiger partial charge in [0.2, 0.25) is 5.91 Å². The molecule has 2 amide bonds. The lowest BCUT2D eigenvalue weighted by Gasteiger charge is -2.19. The molecule has 3 aromatic carbocycles. The number of hydrogen-bond acceptors (Lipinski definition) is 3. The highest BCUT2D eigenvalue weighted by Gasteiger charge is 2.23. The highest BCUT2D eigenvalue weighted by Crippen LogP contribution is 2.15. The fourth-order valence-corrected chi connectivity index (χ4v) is 2.74. The van der Waals surface area contributed by atoms with Gasteiger partial charge in [0.25, 0.3) is 5.91 Å². The van der Waals surface area contributed by atoms with Crippen LogP contribution in [0.15, 0.2) is 84.9 Å². The number of amides is 2. The third kappa shape index (κ3) is 4.83. The molecule has 0 saturated carbocycles. The summed E-state index contributed by atoms with van der Waals surface area (Å²) in [6.07, 6.45) is 0. The van der Waals surface area contributed by atoms with Gasteiger partial charge in [-0.1, -0.05) is 60.7 Å². The second-order valence-corrected chi connectivity index (χ2v) is 6.21. The topological polar surface area (TPSA) is 82.0 Å². The molecule has 0 saturated heterocycles. The van der Waals surface area contributed by atoms with Crippen LogP contribution < -0.4 is 10.6 Å². The van der Waals surface area contributed by atoms with Crippen molar-refractivity contribution in [1.82, 2.24) is 10.6 Å². The Morgan fingerprint density at radius 3 is 2.07 bits per heavy atom. The van der Waals surface area contributed by atoms with E-state index in [2.05, 4.69) is 10.6 Å². The number of carbonyl (C=O) groups is 2. The average Bonchev–Trinajstić information content (AvgIpc) is 2.77. The third-order valence-corrected chi connectivity index (χ3v) is 4.26. The molecular weight excluding hydrogens is 350 g/mol. The Balaban J connectivity index is 1.76. The Bertz CT molecular complexity index is 978. The van der Waals surface area contributed by atoms with E-state index in [-0.39, 0.29) is 11.8 Å². The van der Waals surface area contributed by atoms with Crippen LogP contribution in [0.25, 0.3) is 0 Å². The minimum atomic E-state index is -0.826. The van der Waals surface area contributed by atoms with E-state index in [1.54, 1.807) is 36.4 Å². The van der Waals surface area contributed by atoms with Crippen molar-refractivity contribution in [3.8, 4) is 6.07 Å². The monoisotopic (exact) mass is 369 g/mol. The summed E-state index contributed by atoms with van der Waals surface area (Å²) in [5, 5.41) is 14.5. The molecule has 28 heavy (non-hydrogen) atoms. The molecule has 2 N–H and O–H groups in total. The van der Waals surface area contributed by atoms with Crippen molar-refractivity contribution >= 4 is 11.8 Å². The van der Waals surface area contributed by atoms with E-state index in [1.807, 2.05) is 54.6 Å². The van der Waals surface area contributed by atoms with Crippen LogP contribution >= 0.6 is 0 Å². The first-order valence-electron chi connectivity index (χ1n) is 8.85. The van der Waals surface area contributed by atoms with Gasteiger partial charge in [-0.05, 0) is 35.4 Å². The summed E-state index contributed by atoms with van der Waals surface area (Å²) in [6, 6.07) is 26.1. The zero-order chi connectivity index (χ0) is 19.8. The van der Waals surface area contributed by atoms with Crippen LogP contribution in [0.1, 0.15) is 33.1 Å². The van der Waals surface area contributed by atoms with Gasteiger partial charge in [-0.3, -0.25) is 9.59 Å². The van der Waals surface area contributed by atoms with Gasteiger partial charge >= 0.3 is 0 Å². The Morgan fingerprint density at radius 1 is 0.857 bits per heavy atom. The summed E-state index contributed by atoms with van der Waals surface area (Å²) in [4.78, 5) is 25.4. The van der Waals surface area contributed by atoms with Gasteiger partial charge in [0.05, 0.1) is 11.6 Å². The van der Waals surface area contributed by atoms with E-state index in [9.17, 15) is 9.59 Å². The number of hydrogen-bond donors (Lipinski definition) is 2. The first-order valence-corrected chi connectivity index (χ1v) is 8.85. The quantitative estimate of drug-likeness (QED) is 0.699. The molecule has 0 radical (unpaired) electrons. The standard InChI is InChI=1S/C23H19N3O2/c24-15-17-11-13-20(14-12-17)22(27)26-21(19-9-5-2-6-10-19)23(28)25-16-18-7-3-1-4-8-18/h1-14,21H,16H2,(H,25,28)(H,26,27). The second kappa shape index (κ2) is 9.15. The maximum atomic E-state index is 12.8. The number of rotatable bonds is 6. The molecule has 1 atom stereocenters. The van der Waals surface area contributed by atoms with E-state index in [4.69, 9.17) is 5.26 Å². The maximum absolute atomic E-state index is 12.8. The number of benzene rings is 3. The summed E-state index contributed by atoms with van der Waals surface area (Å²) < 4.78 is 0. The van der Waals surface area contributed by atoms with Crippen molar-refractivity contribution in [2.45, 2.75) is 12.6 Å². The van der Waals surface area contributed by atoms with Crippen LogP contribution in [0.2, 0.25) is 0 Å². The lowest BCUT2D eigenvalue weighted by atomic mass is 10.0. The molecule has 3 rings (SSSR count). The predicted molar refractivity (Wildman–Crippen MR) is 106 cm³/mol. The van der Waals surface area contributed by atoms with Crippen LogP contribution in [0, 0.1) is 11.3 Å². The Morgan fingerprint density at radius 2 is 1.46 bits per heavy atom. The third-order valence-electron chi connectivity index (χ3n) is 4.26. The lowest BCUT2D eigenvalue weighted by molar-refractivity contribution is -0.123. The van der Waals surface area contributed by atoms with Crippen molar-refractivity contribution in [2.75, 3.05) is 0 Å². The van der Waals surface area contributed by atoms with Crippen molar-refractivity contribution in [3.05, 3.63) is 107 Å². The first kappa shape index (κ1) is 18.9. The fraction of sp³-hybridized carbons (Fsp3) is 0.0870. The Hall–Kier alpha value is -3.91. The average molecular weight is 369 g/mol. The van der Waals surface area contributed by atoms with Crippen molar-refractivity contribution in [2.24, 2.45) is 0 Å². The predicted octanol–water partition coefficient (Wildman–Crippen LogP) is 3.35. The lowest BCUT2D eigenvalue weighted by Crippen LogP contribution is -2.40. The molecule has 0 aliphatic heterocycles.